The number of aromatic nitrogens is 3. The summed E-state index contributed by atoms with van der Waals surface area (Å²) in [6.07, 6.45) is 5.85. The van der Waals surface area contributed by atoms with Crippen molar-refractivity contribution in [3.05, 3.63) is 72.6 Å². The molecular formula is C26H28N6O3. The summed E-state index contributed by atoms with van der Waals surface area (Å²) in [6, 6.07) is 14.2. The molecule has 2 amide bonds. The highest BCUT2D eigenvalue weighted by Crippen LogP contribution is 2.26. The molecule has 9 heteroatoms. The molecule has 0 unspecified atom stereocenters. The van der Waals surface area contributed by atoms with E-state index < -0.39 is 0 Å². The summed E-state index contributed by atoms with van der Waals surface area (Å²) in [5.74, 6) is -0.457. The van der Waals surface area contributed by atoms with Crippen LogP contribution < -0.4 is 16.0 Å². The van der Waals surface area contributed by atoms with E-state index in [9.17, 15) is 14.4 Å². The highest BCUT2D eigenvalue weighted by atomic mass is 16.2. The van der Waals surface area contributed by atoms with Crippen LogP contribution in [0.5, 0.6) is 0 Å². The van der Waals surface area contributed by atoms with Crippen LogP contribution in [-0.4, -0.2) is 45.9 Å². The van der Waals surface area contributed by atoms with Gasteiger partial charge in [-0.1, -0.05) is 19.1 Å². The molecule has 0 radical (unpaired) electrons. The summed E-state index contributed by atoms with van der Waals surface area (Å²) >= 11 is 0. The molecule has 4 N–H and O–H groups in total. The number of hydrogen-bond donors (Lipinski definition) is 4. The van der Waals surface area contributed by atoms with E-state index in [4.69, 9.17) is 0 Å². The first-order valence-corrected chi connectivity index (χ1v) is 11.6. The summed E-state index contributed by atoms with van der Waals surface area (Å²) < 4.78 is 0. The van der Waals surface area contributed by atoms with Crippen molar-refractivity contribution in [2.24, 2.45) is 5.92 Å². The van der Waals surface area contributed by atoms with Crippen LogP contribution >= 0.6 is 0 Å². The Hall–Kier alpha value is -4.11. The number of pyridine rings is 1. The number of aromatic amines is 1. The lowest BCUT2D eigenvalue weighted by molar-refractivity contribution is -0.121. The third-order valence-corrected chi connectivity index (χ3v) is 6.00. The van der Waals surface area contributed by atoms with Crippen molar-refractivity contribution < 1.29 is 14.4 Å². The molecule has 0 saturated heterocycles. The van der Waals surface area contributed by atoms with E-state index in [2.05, 4.69) is 37.7 Å². The Kier molecular flexibility index (Phi) is 7.79. The fourth-order valence-corrected chi connectivity index (χ4v) is 4.12. The Balaban J connectivity index is 1.30. The van der Waals surface area contributed by atoms with Crippen molar-refractivity contribution >= 4 is 29.5 Å². The molecular weight excluding hydrogens is 444 g/mol. The molecule has 1 aliphatic carbocycles. The minimum atomic E-state index is -0.332. The van der Waals surface area contributed by atoms with Gasteiger partial charge in [-0.2, -0.15) is 5.10 Å². The Morgan fingerprint density at radius 1 is 1.06 bits per heavy atom. The average molecular weight is 473 g/mol. The van der Waals surface area contributed by atoms with Crippen molar-refractivity contribution in [1.82, 2.24) is 20.5 Å². The van der Waals surface area contributed by atoms with Crippen LogP contribution in [0.15, 0.2) is 66.9 Å². The summed E-state index contributed by atoms with van der Waals surface area (Å²) in [4.78, 5) is 40.6. The van der Waals surface area contributed by atoms with Crippen LogP contribution in [0, 0.1) is 5.92 Å². The standard InChI is InChI=1S/C26H28N6O3/c1-17(16-33)15-27-21-5-2-4-18(14-21)25(34)29-19-8-10-20(11-9-19)30-26(35)24-7-3-6-22(31-24)23-12-13-28-32-23/h3,6-13,16,18,21,27H,1-2,4-5,14-15H2,(H,28,32)(H,29,34)(H,30,35)/t18-,21+/m1/s1. The number of anilines is 2. The Morgan fingerprint density at radius 2 is 1.83 bits per heavy atom. The van der Waals surface area contributed by atoms with Crippen molar-refractivity contribution in [2.45, 2.75) is 31.7 Å². The molecule has 9 nitrogen and oxygen atoms in total. The number of nitrogens with zero attached hydrogens (tertiary/aromatic N) is 2. The highest BCUT2D eigenvalue weighted by molar-refractivity contribution is 6.03. The van der Waals surface area contributed by atoms with Crippen molar-refractivity contribution in [1.29, 1.82) is 0 Å². The van der Waals surface area contributed by atoms with Gasteiger partial charge in [0.1, 0.15) is 12.0 Å². The Morgan fingerprint density at radius 3 is 2.54 bits per heavy atom. The van der Waals surface area contributed by atoms with Gasteiger partial charge in [0.15, 0.2) is 0 Å². The third kappa shape index (κ3) is 6.48. The van der Waals surface area contributed by atoms with Crippen LogP contribution in [0.2, 0.25) is 0 Å². The SMILES string of the molecule is C=C(C=O)CN[C@H]1CCC[C@@H](C(=O)Nc2ccc(NC(=O)c3cccc(-c4ccn[nH]4)n3)cc2)C1. The minimum Gasteiger partial charge on any atom is -0.326 e. The van der Waals surface area contributed by atoms with E-state index in [0.717, 1.165) is 37.7 Å². The molecule has 0 bridgehead atoms. The maximum absolute atomic E-state index is 12.8. The second-order valence-corrected chi connectivity index (χ2v) is 8.62. The number of aldehydes is 1. The van der Waals surface area contributed by atoms with Gasteiger partial charge in [-0.05, 0) is 67.3 Å². The summed E-state index contributed by atoms with van der Waals surface area (Å²) in [6.45, 7) is 4.12. The van der Waals surface area contributed by atoms with Crippen LogP contribution in [0.3, 0.4) is 0 Å². The van der Waals surface area contributed by atoms with Gasteiger partial charge in [0.2, 0.25) is 5.91 Å². The van der Waals surface area contributed by atoms with Gasteiger partial charge >= 0.3 is 0 Å². The molecule has 2 heterocycles. The average Bonchev–Trinajstić information content (AvgIpc) is 3.44. The molecule has 3 aromatic rings. The van der Waals surface area contributed by atoms with Crippen molar-refractivity contribution in [3.8, 4) is 11.4 Å². The quantitative estimate of drug-likeness (QED) is 0.278. The van der Waals surface area contributed by atoms with E-state index in [1.54, 1.807) is 54.7 Å². The number of carbonyl (C=O) groups excluding carboxylic acids is 3. The molecule has 0 aliphatic heterocycles. The molecule has 1 saturated carbocycles. The molecule has 0 spiro atoms. The zero-order valence-corrected chi connectivity index (χ0v) is 19.3. The number of rotatable bonds is 9. The van der Waals surface area contributed by atoms with E-state index in [-0.39, 0.29) is 29.5 Å². The van der Waals surface area contributed by atoms with E-state index in [1.807, 2.05) is 0 Å². The Bertz CT molecular complexity index is 1190. The first kappa shape index (κ1) is 24.0. The van der Waals surface area contributed by atoms with Gasteiger partial charge in [-0.25, -0.2) is 4.98 Å². The predicted octanol–water partition coefficient (Wildman–Crippen LogP) is 3.57. The largest absolute Gasteiger partial charge is 0.326 e. The molecule has 1 fully saturated rings. The normalized spacial score (nSPS) is 17.4. The molecule has 2 atom stereocenters. The van der Waals surface area contributed by atoms with Crippen LogP contribution in [0.1, 0.15) is 36.2 Å². The monoisotopic (exact) mass is 472 g/mol. The van der Waals surface area contributed by atoms with Crippen LogP contribution in [0.25, 0.3) is 11.4 Å². The lowest BCUT2D eigenvalue weighted by Gasteiger charge is -2.29. The second kappa shape index (κ2) is 11.3. The van der Waals surface area contributed by atoms with Gasteiger partial charge in [0, 0.05) is 36.1 Å². The highest BCUT2D eigenvalue weighted by Gasteiger charge is 2.27. The predicted molar refractivity (Wildman–Crippen MR) is 134 cm³/mol. The first-order valence-electron chi connectivity index (χ1n) is 11.6. The maximum Gasteiger partial charge on any atom is 0.274 e. The maximum atomic E-state index is 12.8. The number of benzene rings is 1. The number of nitrogens with one attached hydrogen (secondary N) is 4. The summed E-state index contributed by atoms with van der Waals surface area (Å²) in [7, 11) is 0. The summed E-state index contributed by atoms with van der Waals surface area (Å²) in [5, 5.41) is 15.8. The fraction of sp³-hybridized carbons (Fsp3) is 0.269. The third-order valence-electron chi connectivity index (χ3n) is 6.00. The zero-order chi connectivity index (χ0) is 24.6. The van der Waals surface area contributed by atoms with Crippen molar-refractivity contribution in [2.75, 3.05) is 17.2 Å². The molecule has 1 aromatic carbocycles. The van der Waals surface area contributed by atoms with Crippen LogP contribution in [-0.2, 0) is 9.59 Å². The molecule has 35 heavy (non-hydrogen) atoms. The van der Waals surface area contributed by atoms with Gasteiger partial charge in [-0.3, -0.25) is 19.5 Å². The van der Waals surface area contributed by atoms with E-state index in [0.29, 0.717) is 29.2 Å². The molecule has 4 rings (SSSR count). The van der Waals surface area contributed by atoms with Gasteiger partial charge < -0.3 is 16.0 Å². The number of amides is 2. The van der Waals surface area contributed by atoms with Gasteiger partial charge in [0.05, 0.1) is 11.4 Å². The van der Waals surface area contributed by atoms with Crippen molar-refractivity contribution in [3.63, 3.8) is 0 Å². The topological polar surface area (TPSA) is 129 Å². The minimum absolute atomic E-state index is 0.0256. The summed E-state index contributed by atoms with van der Waals surface area (Å²) in [5.41, 5.74) is 3.40. The van der Waals surface area contributed by atoms with Gasteiger partial charge in [0.25, 0.3) is 5.91 Å². The lowest BCUT2D eigenvalue weighted by Crippen LogP contribution is -2.38. The van der Waals surface area contributed by atoms with Crippen LogP contribution in [0.4, 0.5) is 11.4 Å². The first-order chi connectivity index (χ1) is 17.0. The Labute approximate surface area is 203 Å². The molecule has 180 valence electrons. The molecule has 1 aliphatic rings. The van der Waals surface area contributed by atoms with E-state index in [1.165, 1.54) is 0 Å². The second-order valence-electron chi connectivity index (χ2n) is 8.62. The smallest absolute Gasteiger partial charge is 0.274 e. The van der Waals surface area contributed by atoms with Gasteiger partial charge in [-0.15, -0.1) is 0 Å². The number of carbonyl (C=O) groups is 3. The fourth-order valence-electron chi connectivity index (χ4n) is 4.12. The lowest BCUT2D eigenvalue weighted by atomic mass is 9.85. The number of hydrogen-bond acceptors (Lipinski definition) is 6. The zero-order valence-electron chi connectivity index (χ0n) is 19.3. The molecule has 2 aromatic heterocycles. The number of H-pyrrole nitrogens is 1. The van der Waals surface area contributed by atoms with E-state index >= 15 is 0 Å².